The molecule has 1 aliphatic rings. The lowest BCUT2D eigenvalue weighted by Gasteiger charge is -2.16. The molecule has 1 heterocycles. The molecule has 70 valence electrons. The molecule has 1 saturated heterocycles. The van der Waals surface area contributed by atoms with E-state index in [0.29, 0.717) is 6.61 Å². The van der Waals surface area contributed by atoms with Crippen LogP contribution in [0.3, 0.4) is 0 Å². The van der Waals surface area contributed by atoms with Gasteiger partial charge in [0.05, 0.1) is 6.61 Å². The van der Waals surface area contributed by atoms with Crippen molar-refractivity contribution in [2.45, 2.75) is 32.7 Å². The van der Waals surface area contributed by atoms with Gasteiger partial charge in [0, 0.05) is 6.92 Å². The van der Waals surface area contributed by atoms with Gasteiger partial charge in [-0.15, -0.1) is 0 Å². The standard InChI is InChI=1S/C8H14O4/c1-6(9)10-4-7-5-11-8(2,3)12-7/h7H,4-5H2,1-3H3. The van der Waals surface area contributed by atoms with Gasteiger partial charge in [0.2, 0.25) is 0 Å². The molecule has 1 fully saturated rings. The molecule has 0 aliphatic carbocycles. The highest BCUT2D eigenvalue weighted by Crippen LogP contribution is 2.22. The summed E-state index contributed by atoms with van der Waals surface area (Å²) < 4.78 is 15.4. The van der Waals surface area contributed by atoms with E-state index in [0.717, 1.165) is 0 Å². The highest BCUT2D eigenvalue weighted by Gasteiger charge is 2.32. The molecule has 1 rings (SSSR count). The summed E-state index contributed by atoms with van der Waals surface area (Å²) in [7, 11) is 0. The van der Waals surface area contributed by atoms with E-state index in [2.05, 4.69) is 0 Å². The molecule has 0 radical (unpaired) electrons. The number of rotatable bonds is 2. The van der Waals surface area contributed by atoms with Crippen LogP contribution >= 0.6 is 0 Å². The Hall–Kier alpha value is -0.610. The molecule has 0 bridgehead atoms. The van der Waals surface area contributed by atoms with E-state index in [1.165, 1.54) is 6.92 Å². The third kappa shape index (κ3) is 2.79. The molecule has 0 aromatic heterocycles. The number of ether oxygens (including phenoxy) is 3. The second-order valence-electron chi connectivity index (χ2n) is 3.25. The van der Waals surface area contributed by atoms with Gasteiger partial charge in [-0.3, -0.25) is 4.79 Å². The van der Waals surface area contributed by atoms with Gasteiger partial charge >= 0.3 is 5.97 Å². The second kappa shape index (κ2) is 3.41. The Balaban J connectivity index is 2.24. The highest BCUT2D eigenvalue weighted by atomic mass is 16.7. The van der Waals surface area contributed by atoms with Crippen molar-refractivity contribution in [2.24, 2.45) is 0 Å². The first-order valence-corrected chi connectivity index (χ1v) is 3.95. The third-order valence-electron chi connectivity index (χ3n) is 1.54. The molecular formula is C8H14O4. The topological polar surface area (TPSA) is 44.8 Å². The summed E-state index contributed by atoms with van der Waals surface area (Å²) >= 11 is 0. The van der Waals surface area contributed by atoms with E-state index < -0.39 is 5.79 Å². The van der Waals surface area contributed by atoms with Gasteiger partial charge in [0.1, 0.15) is 12.7 Å². The van der Waals surface area contributed by atoms with Crippen molar-refractivity contribution in [1.82, 2.24) is 0 Å². The number of hydrogen-bond acceptors (Lipinski definition) is 4. The summed E-state index contributed by atoms with van der Waals surface area (Å²) in [5, 5.41) is 0. The van der Waals surface area contributed by atoms with Crippen molar-refractivity contribution in [3.63, 3.8) is 0 Å². The highest BCUT2D eigenvalue weighted by molar-refractivity contribution is 5.65. The molecule has 1 unspecified atom stereocenters. The molecule has 0 aromatic rings. The van der Waals surface area contributed by atoms with Gasteiger partial charge in [-0.05, 0) is 13.8 Å². The summed E-state index contributed by atoms with van der Waals surface area (Å²) in [6, 6.07) is 0. The van der Waals surface area contributed by atoms with Crippen LogP contribution < -0.4 is 0 Å². The van der Waals surface area contributed by atoms with E-state index in [1.807, 2.05) is 13.8 Å². The quantitative estimate of drug-likeness (QED) is 0.578. The Morgan fingerprint density at radius 2 is 2.33 bits per heavy atom. The lowest BCUT2D eigenvalue weighted by molar-refractivity contribution is -0.156. The van der Waals surface area contributed by atoms with E-state index >= 15 is 0 Å². The van der Waals surface area contributed by atoms with Crippen LogP contribution in [-0.2, 0) is 19.0 Å². The first kappa shape index (κ1) is 9.48. The first-order valence-electron chi connectivity index (χ1n) is 3.95. The monoisotopic (exact) mass is 174 g/mol. The van der Waals surface area contributed by atoms with Gasteiger partial charge in [-0.25, -0.2) is 0 Å². The van der Waals surface area contributed by atoms with E-state index in [-0.39, 0.29) is 18.7 Å². The molecule has 0 N–H and O–H groups in total. The molecule has 1 aliphatic heterocycles. The second-order valence-corrected chi connectivity index (χ2v) is 3.25. The van der Waals surface area contributed by atoms with Crippen LogP contribution in [0.25, 0.3) is 0 Å². The molecule has 0 amide bonds. The summed E-state index contributed by atoms with van der Waals surface area (Å²) in [5.74, 6) is -0.825. The van der Waals surface area contributed by atoms with Gasteiger partial charge in [0.15, 0.2) is 5.79 Å². The summed E-state index contributed by atoms with van der Waals surface area (Å²) in [4.78, 5) is 10.4. The average Bonchev–Trinajstić information content (AvgIpc) is 2.26. The molecule has 0 aromatic carbocycles. The Labute approximate surface area is 71.8 Å². The molecule has 0 spiro atoms. The van der Waals surface area contributed by atoms with E-state index in [4.69, 9.17) is 14.2 Å². The SMILES string of the molecule is CC(=O)OCC1COC(C)(C)O1. The largest absolute Gasteiger partial charge is 0.463 e. The zero-order chi connectivity index (χ0) is 9.19. The van der Waals surface area contributed by atoms with Crippen LogP contribution in [0.2, 0.25) is 0 Å². The molecule has 4 heteroatoms. The number of esters is 1. The molecule has 1 atom stereocenters. The third-order valence-corrected chi connectivity index (χ3v) is 1.54. The number of carbonyl (C=O) groups excluding carboxylic acids is 1. The van der Waals surface area contributed by atoms with Crippen LogP contribution in [0.15, 0.2) is 0 Å². The van der Waals surface area contributed by atoms with Gasteiger partial charge in [-0.1, -0.05) is 0 Å². The number of carbonyl (C=O) groups is 1. The summed E-state index contributed by atoms with van der Waals surface area (Å²) in [6.45, 7) is 5.81. The number of hydrogen-bond donors (Lipinski definition) is 0. The van der Waals surface area contributed by atoms with Crippen molar-refractivity contribution in [3.05, 3.63) is 0 Å². The fourth-order valence-corrected chi connectivity index (χ4v) is 1.06. The lowest BCUT2D eigenvalue weighted by atomic mass is 10.4. The van der Waals surface area contributed by atoms with Crippen LogP contribution in [-0.4, -0.2) is 31.1 Å². The minimum atomic E-state index is -0.537. The van der Waals surface area contributed by atoms with E-state index in [9.17, 15) is 4.79 Å². The summed E-state index contributed by atoms with van der Waals surface area (Å²) in [5.41, 5.74) is 0. The van der Waals surface area contributed by atoms with E-state index in [1.54, 1.807) is 0 Å². The van der Waals surface area contributed by atoms with Crippen molar-refractivity contribution in [1.29, 1.82) is 0 Å². The predicted octanol–water partition coefficient (Wildman–Crippen LogP) is 0.701. The minimum absolute atomic E-state index is 0.121. The first-order chi connectivity index (χ1) is 5.49. The molecule has 12 heavy (non-hydrogen) atoms. The van der Waals surface area contributed by atoms with Gasteiger partial charge in [-0.2, -0.15) is 0 Å². The fraction of sp³-hybridized carbons (Fsp3) is 0.875. The molecule has 0 saturated carbocycles. The van der Waals surface area contributed by atoms with Crippen molar-refractivity contribution in [2.75, 3.05) is 13.2 Å². The van der Waals surface area contributed by atoms with Crippen molar-refractivity contribution < 1.29 is 19.0 Å². The predicted molar refractivity (Wildman–Crippen MR) is 41.5 cm³/mol. The maximum Gasteiger partial charge on any atom is 0.302 e. The molecular weight excluding hydrogens is 160 g/mol. The average molecular weight is 174 g/mol. The van der Waals surface area contributed by atoms with Crippen LogP contribution in [0.1, 0.15) is 20.8 Å². The Bertz CT molecular complexity index is 176. The zero-order valence-electron chi connectivity index (χ0n) is 7.62. The lowest BCUT2D eigenvalue weighted by Crippen LogP contribution is -2.24. The molecule has 4 nitrogen and oxygen atoms in total. The van der Waals surface area contributed by atoms with Gasteiger partial charge < -0.3 is 14.2 Å². The van der Waals surface area contributed by atoms with Crippen LogP contribution in [0.4, 0.5) is 0 Å². The summed E-state index contributed by atoms with van der Waals surface area (Å²) in [6.07, 6.45) is -0.121. The van der Waals surface area contributed by atoms with Gasteiger partial charge in [0.25, 0.3) is 0 Å². The van der Waals surface area contributed by atoms with Crippen molar-refractivity contribution >= 4 is 5.97 Å². The zero-order valence-corrected chi connectivity index (χ0v) is 7.62. The van der Waals surface area contributed by atoms with Crippen molar-refractivity contribution in [3.8, 4) is 0 Å². The van der Waals surface area contributed by atoms with Crippen LogP contribution in [0, 0.1) is 0 Å². The smallest absolute Gasteiger partial charge is 0.302 e. The van der Waals surface area contributed by atoms with Crippen LogP contribution in [0.5, 0.6) is 0 Å². The fourth-order valence-electron chi connectivity index (χ4n) is 1.06. The normalized spacial score (nSPS) is 27.1. The Morgan fingerprint density at radius 1 is 1.67 bits per heavy atom. The maximum absolute atomic E-state index is 10.4. The Kier molecular flexibility index (Phi) is 2.69. The Morgan fingerprint density at radius 3 is 2.75 bits per heavy atom. The maximum atomic E-state index is 10.4. The minimum Gasteiger partial charge on any atom is -0.463 e.